The van der Waals surface area contributed by atoms with Gasteiger partial charge in [-0.3, -0.25) is 0 Å². The number of benzene rings is 10. The smallest absolute Gasteiger partial charge is 0.0633 e. The highest BCUT2D eigenvalue weighted by Crippen LogP contribution is 2.54. The molecule has 4 heteroatoms. The number of rotatable bonds is 5. The number of nitrogens with zero attached hydrogens (tertiary/aromatic N) is 2. The molecule has 0 radical (unpaired) electrons. The van der Waals surface area contributed by atoms with Gasteiger partial charge < -0.3 is 20.1 Å². The molecule has 0 aliphatic heterocycles. The molecule has 0 unspecified atom stereocenters. The van der Waals surface area contributed by atoms with Gasteiger partial charge in [-0.1, -0.05) is 178 Å². The van der Waals surface area contributed by atoms with E-state index in [1.54, 1.807) is 0 Å². The first kappa shape index (κ1) is 39.1. The predicted octanol–water partition coefficient (Wildman–Crippen LogP) is 15.8. The van der Waals surface area contributed by atoms with E-state index >= 15 is 0 Å². The van der Waals surface area contributed by atoms with Crippen LogP contribution in [0, 0.1) is 5.41 Å². The Balaban J connectivity index is 0.00000220. The first-order chi connectivity index (χ1) is 32.9. The quantitative estimate of drug-likeness (QED) is 0.166. The number of para-hydroxylation sites is 3. The average Bonchev–Trinajstić information content (AvgIpc) is 4.09. The van der Waals surface area contributed by atoms with E-state index < -0.39 is 0 Å². The third-order valence-electron chi connectivity index (χ3n) is 14.7. The fourth-order valence-corrected chi connectivity index (χ4v) is 11.8. The second-order valence-corrected chi connectivity index (χ2v) is 18.4. The van der Waals surface area contributed by atoms with Crippen LogP contribution in [0.5, 0.6) is 0 Å². The molecule has 0 amide bonds. The zero-order chi connectivity index (χ0) is 45.1. The molecular formula is C63H46N4. The lowest BCUT2D eigenvalue weighted by Gasteiger charge is -2.23. The van der Waals surface area contributed by atoms with Crippen molar-refractivity contribution in [3.8, 4) is 22.3 Å². The minimum Gasteiger partial charge on any atom is -0.333 e. The van der Waals surface area contributed by atoms with Crippen molar-refractivity contribution in [3.63, 3.8) is 0 Å². The summed E-state index contributed by atoms with van der Waals surface area (Å²) >= 11 is 0. The van der Waals surface area contributed by atoms with Gasteiger partial charge in [-0.2, -0.15) is 0 Å². The van der Waals surface area contributed by atoms with E-state index in [2.05, 4.69) is 204 Å². The van der Waals surface area contributed by atoms with Crippen LogP contribution in [0.25, 0.3) is 109 Å². The molecule has 0 saturated carbocycles. The summed E-state index contributed by atoms with van der Waals surface area (Å²) in [5.41, 5.74) is 21.6. The van der Waals surface area contributed by atoms with Gasteiger partial charge in [0, 0.05) is 43.3 Å². The maximum Gasteiger partial charge on any atom is 0.0633 e. The van der Waals surface area contributed by atoms with Crippen LogP contribution in [0.4, 0.5) is 0 Å². The summed E-state index contributed by atoms with van der Waals surface area (Å²) in [5, 5.41) is 22.0. The Bertz CT molecular complexity index is 4210. The molecule has 67 heavy (non-hydrogen) atoms. The van der Waals surface area contributed by atoms with Crippen molar-refractivity contribution in [1.82, 2.24) is 8.97 Å². The zero-order valence-electron chi connectivity index (χ0n) is 37.6. The largest absolute Gasteiger partial charge is 0.333 e. The molecule has 10 aromatic carbocycles. The van der Waals surface area contributed by atoms with Gasteiger partial charge in [-0.25, -0.2) is 0 Å². The Morgan fingerprint density at radius 2 is 1.09 bits per heavy atom. The van der Waals surface area contributed by atoms with Gasteiger partial charge in [0.15, 0.2) is 0 Å². The molecule has 0 saturated heterocycles. The molecule has 14 rings (SSSR count). The Labute approximate surface area is 388 Å². The number of allylic oxidation sites excluding steroid dienone is 1. The highest BCUT2D eigenvalue weighted by atomic mass is 15.0. The number of nitrogens with two attached hydrogens (primary N) is 1. The van der Waals surface area contributed by atoms with E-state index in [1.807, 2.05) is 30.3 Å². The third-order valence-corrected chi connectivity index (χ3v) is 14.7. The van der Waals surface area contributed by atoms with Crippen molar-refractivity contribution < 1.29 is 0 Å². The van der Waals surface area contributed by atoms with Crippen molar-refractivity contribution in [2.24, 2.45) is 5.73 Å². The lowest BCUT2D eigenvalue weighted by atomic mass is 9.79. The van der Waals surface area contributed by atoms with E-state index in [0.717, 1.165) is 33.2 Å². The molecular weight excluding hydrogens is 813 g/mol. The lowest BCUT2D eigenvalue weighted by Crippen LogP contribution is -2.15. The summed E-state index contributed by atoms with van der Waals surface area (Å²) in [7, 11) is 1.50. The molecule has 1 aliphatic carbocycles. The molecule has 3 heterocycles. The van der Waals surface area contributed by atoms with E-state index in [9.17, 15) is 5.41 Å². The predicted molar refractivity (Wildman–Crippen MR) is 285 cm³/mol. The highest BCUT2D eigenvalue weighted by Gasteiger charge is 2.37. The zero-order valence-corrected chi connectivity index (χ0v) is 37.6. The fraction of sp³-hybridized carbons (Fsp3) is 0.0635. The second kappa shape index (κ2) is 14.6. The highest BCUT2D eigenvalue weighted by molar-refractivity contribution is 6.29. The Morgan fingerprint density at radius 3 is 1.93 bits per heavy atom. The molecule has 0 fully saturated rings. The van der Waals surface area contributed by atoms with Crippen LogP contribution in [0.3, 0.4) is 0 Å². The van der Waals surface area contributed by atoms with Crippen LogP contribution < -0.4 is 5.73 Å². The van der Waals surface area contributed by atoms with E-state index in [1.165, 1.54) is 105 Å². The fourth-order valence-electron chi connectivity index (χ4n) is 11.8. The summed E-state index contributed by atoms with van der Waals surface area (Å²) in [6.45, 7) is 4.81. The number of hydrogen-bond acceptors (Lipinski definition) is 2. The minimum absolute atomic E-state index is 0.182. The number of nitrogens with one attached hydrogen (secondary N) is 1. The maximum atomic E-state index is 9.38. The minimum atomic E-state index is -0.182. The summed E-state index contributed by atoms with van der Waals surface area (Å²) in [4.78, 5) is 0. The van der Waals surface area contributed by atoms with Crippen LogP contribution in [-0.2, 0) is 5.41 Å². The topological polar surface area (TPSA) is 59.2 Å². The van der Waals surface area contributed by atoms with Crippen LogP contribution in [-0.4, -0.2) is 21.7 Å². The standard InChI is InChI=1S/C62H41N3.CH5N/c1-62(2)52-31-26-39(34-50(52)47-29-28-45-46(60(47)62)30-33-57-59(45)49-23-13-22-48-43-19-8-11-25-55(43)65(57)61(48)49)40-27-32-56-51(35-40)44-20-9-10-24-54(44)64(56)58(36-53(63)38-15-4-3-5-16-38)42-21-12-17-37-14-6-7-18-41(37)42;1-2/h3-36,63H,1-2H3;2H2,1H3/b58-36-,63-53?;. The van der Waals surface area contributed by atoms with Crippen LogP contribution >= 0.6 is 0 Å². The average molecular weight is 859 g/mol. The van der Waals surface area contributed by atoms with Crippen LogP contribution in [0.15, 0.2) is 206 Å². The van der Waals surface area contributed by atoms with Gasteiger partial charge >= 0.3 is 0 Å². The van der Waals surface area contributed by atoms with Crippen LogP contribution in [0.1, 0.15) is 36.1 Å². The van der Waals surface area contributed by atoms with Crippen LogP contribution in [0.2, 0.25) is 0 Å². The van der Waals surface area contributed by atoms with Gasteiger partial charge in [-0.15, -0.1) is 0 Å². The van der Waals surface area contributed by atoms with Gasteiger partial charge in [-0.05, 0) is 110 Å². The third kappa shape index (κ3) is 5.48. The summed E-state index contributed by atoms with van der Waals surface area (Å²) in [5.74, 6) is 0. The Kier molecular flexibility index (Phi) is 8.52. The second-order valence-electron chi connectivity index (χ2n) is 18.4. The molecule has 1 aliphatic rings. The molecule has 3 N–H and O–H groups in total. The van der Waals surface area contributed by atoms with Crippen molar-refractivity contribution in [2.75, 3.05) is 7.05 Å². The number of fused-ring (bicyclic) bond motifs is 16. The molecule has 0 atom stereocenters. The van der Waals surface area contributed by atoms with Crippen molar-refractivity contribution in [2.45, 2.75) is 19.3 Å². The molecule has 318 valence electrons. The molecule has 13 aromatic rings. The molecule has 3 aromatic heterocycles. The first-order valence-corrected chi connectivity index (χ1v) is 23.2. The van der Waals surface area contributed by atoms with E-state index in [0.29, 0.717) is 5.71 Å². The van der Waals surface area contributed by atoms with Gasteiger partial charge in [0.2, 0.25) is 0 Å². The lowest BCUT2D eigenvalue weighted by molar-refractivity contribution is 0.666. The van der Waals surface area contributed by atoms with E-state index in [4.69, 9.17) is 0 Å². The number of hydrogen-bond donors (Lipinski definition) is 2. The van der Waals surface area contributed by atoms with Crippen molar-refractivity contribution >= 4 is 92.9 Å². The summed E-state index contributed by atoms with van der Waals surface area (Å²) in [6.07, 6.45) is 2.05. The first-order valence-electron chi connectivity index (χ1n) is 23.2. The normalized spacial score (nSPS) is 13.3. The van der Waals surface area contributed by atoms with E-state index in [-0.39, 0.29) is 5.41 Å². The monoisotopic (exact) mass is 858 g/mol. The Hall–Kier alpha value is -8.31. The summed E-state index contributed by atoms with van der Waals surface area (Å²) < 4.78 is 4.86. The molecule has 0 bridgehead atoms. The van der Waals surface area contributed by atoms with Gasteiger partial charge in [0.25, 0.3) is 0 Å². The van der Waals surface area contributed by atoms with Gasteiger partial charge in [0.05, 0.1) is 39.0 Å². The SMILES string of the molecule is CC1(C)c2ccc(-c3ccc4c(c3)c3ccccc3n4/C(=C\C(=N)c3ccccc3)c3cccc4ccccc34)cc2-c2ccc3c(ccc4c3c3cccc5c6ccccc6n4c53)c21.CN. The van der Waals surface area contributed by atoms with Crippen molar-refractivity contribution in [1.29, 1.82) is 5.41 Å². The van der Waals surface area contributed by atoms with Crippen molar-refractivity contribution in [3.05, 3.63) is 229 Å². The Morgan fingerprint density at radius 1 is 0.478 bits per heavy atom. The maximum absolute atomic E-state index is 9.38. The number of aromatic nitrogens is 2. The summed E-state index contributed by atoms with van der Waals surface area (Å²) in [6, 6.07) is 73.1. The van der Waals surface area contributed by atoms with Gasteiger partial charge in [0.1, 0.15) is 0 Å². The molecule has 0 spiro atoms. The molecule has 4 nitrogen and oxygen atoms in total.